The average molecular weight is 194 g/mol. The molecule has 3 nitrogen and oxygen atoms in total. The molecular formula is C11H14O3. The SMILES string of the molecule is O=C(O)CC(O)CCc1ccccc1. The van der Waals surface area contributed by atoms with Crippen LogP contribution in [-0.2, 0) is 11.2 Å². The second-order valence-electron chi connectivity index (χ2n) is 3.28. The zero-order chi connectivity index (χ0) is 10.4. The van der Waals surface area contributed by atoms with Crippen molar-refractivity contribution in [3.63, 3.8) is 0 Å². The van der Waals surface area contributed by atoms with E-state index in [-0.39, 0.29) is 6.42 Å². The number of carbonyl (C=O) groups is 1. The summed E-state index contributed by atoms with van der Waals surface area (Å²) in [5.41, 5.74) is 1.12. The summed E-state index contributed by atoms with van der Waals surface area (Å²) in [5.74, 6) is -0.953. The number of hydrogen-bond acceptors (Lipinski definition) is 2. The average Bonchev–Trinajstić information content (AvgIpc) is 2.15. The first-order valence-electron chi connectivity index (χ1n) is 4.62. The smallest absolute Gasteiger partial charge is 0.305 e. The fourth-order valence-corrected chi connectivity index (χ4v) is 1.28. The molecule has 0 radical (unpaired) electrons. The third-order valence-corrected chi connectivity index (χ3v) is 2.02. The molecule has 0 aliphatic carbocycles. The van der Waals surface area contributed by atoms with Crippen LogP contribution in [0.4, 0.5) is 0 Å². The molecule has 0 aliphatic heterocycles. The highest BCUT2D eigenvalue weighted by molar-refractivity contribution is 5.67. The van der Waals surface area contributed by atoms with Crippen molar-refractivity contribution in [1.82, 2.24) is 0 Å². The van der Waals surface area contributed by atoms with Crippen LogP contribution in [0, 0.1) is 0 Å². The van der Waals surface area contributed by atoms with E-state index in [0.717, 1.165) is 12.0 Å². The summed E-state index contributed by atoms with van der Waals surface area (Å²) in [6.45, 7) is 0. The summed E-state index contributed by atoms with van der Waals surface area (Å²) in [6, 6.07) is 9.72. The van der Waals surface area contributed by atoms with Gasteiger partial charge in [-0.3, -0.25) is 4.79 Å². The Kier molecular flexibility index (Phi) is 4.13. The summed E-state index contributed by atoms with van der Waals surface area (Å²) >= 11 is 0. The number of aliphatic hydroxyl groups excluding tert-OH is 1. The minimum atomic E-state index is -0.953. The van der Waals surface area contributed by atoms with Crippen molar-refractivity contribution >= 4 is 5.97 Å². The van der Waals surface area contributed by atoms with Crippen LogP contribution in [0.3, 0.4) is 0 Å². The Hall–Kier alpha value is -1.35. The Morgan fingerprint density at radius 2 is 1.93 bits per heavy atom. The quantitative estimate of drug-likeness (QED) is 0.746. The van der Waals surface area contributed by atoms with Gasteiger partial charge < -0.3 is 10.2 Å². The number of aliphatic carboxylic acids is 1. The van der Waals surface area contributed by atoms with E-state index in [1.807, 2.05) is 30.3 Å². The molecule has 2 N–H and O–H groups in total. The summed E-state index contributed by atoms with van der Waals surface area (Å²) in [7, 11) is 0. The van der Waals surface area contributed by atoms with Crippen molar-refractivity contribution < 1.29 is 15.0 Å². The van der Waals surface area contributed by atoms with Crippen molar-refractivity contribution in [3.8, 4) is 0 Å². The van der Waals surface area contributed by atoms with Crippen LogP contribution in [0.15, 0.2) is 30.3 Å². The Labute approximate surface area is 83.0 Å². The molecule has 0 heterocycles. The molecule has 76 valence electrons. The molecule has 0 fully saturated rings. The molecule has 1 aromatic rings. The van der Waals surface area contributed by atoms with E-state index in [1.54, 1.807) is 0 Å². The van der Waals surface area contributed by atoms with Crippen molar-refractivity contribution in [1.29, 1.82) is 0 Å². The second-order valence-corrected chi connectivity index (χ2v) is 3.28. The van der Waals surface area contributed by atoms with Gasteiger partial charge in [-0.15, -0.1) is 0 Å². The highest BCUT2D eigenvalue weighted by Gasteiger charge is 2.08. The predicted molar refractivity (Wildman–Crippen MR) is 53.0 cm³/mol. The Morgan fingerprint density at radius 1 is 1.29 bits per heavy atom. The highest BCUT2D eigenvalue weighted by atomic mass is 16.4. The van der Waals surface area contributed by atoms with E-state index in [0.29, 0.717) is 6.42 Å². The summed E-state index contributed by atoms with van der Waals surface area (Å²) < 4.78 is 0. The maximum Gasteiger partial charge on any atom is 0.305 e. The Bertz CT molecular complexity index is 282. The third kappa shape index (κ3) is 4.05. The van der Waals surface area contributed by atoms with Crippen molar-refractivity contribution in [2.75, 3.05) is 0 Å². The lowest BCUT2D eigenvalue weighted by molar-refractivity contribution is -0.139. The second kappa shape index (κ2) is 5.40. The van der Waals surface area contributed by atoms with E-state index < -0.39 is 12.1 Å². The van der Waals surface area contributed by atoms with E-state index >= 15 is 0 Å². The van der Waals surface area contributed by atoms with Gasteiger partial charge in [-0.05, 0) is 18.4 Å². The fraction of sp³-hybridized carbons (Fsp3) is 0.364. The number of aryl methyl sites for hydroxylation is 1. The van der Waals surface area contributed by atoms with Crippen LogP contribution in [0.1, 0.15) is 18.4 Å². The molecule has 1 rings (SSSR count). The van der Waals surface area contributed by atoms with E-state index in [1.165, 1.54) is 0 Å². The van der Waals surface area contributed by atoms with Gasteiger partial charge in [0, 0.05) is 0 Å². The van der Waals surface area contributed by atoms with Gasteiger partial charge >= 0.3 is 5.97 Å². The maximum atomic E-state index is 10.3. The van der Waals surface area contributed by atoms with Crippen LogP contribution in [0.2, 0.25) is 0 Å². The molecule has 0 aromatic heterocycles. The van der Waals surface area contributed by atoms with Gasteiger partial charge in [0.15, 0.2) is 0 Å². The number of carboxylic acid groups (broad SMARTS) is 1. The van der Waals surface area contributed by atoms with Gasteiger partial charge in [0.1, 0.15) is 0 Å². The number of aliphatic hydroxyl groups is 1. The molecular weight excluding hydrogens is 180 g/mol. The van der Waals surface area contributed by atoms with Crippen LogP contribution < -0.4 is 0 Å². The molecule has 1 unspecified atom stereocenters. The first-order chi connectivity index (χ1) is 6.68. The van der Waals surface area contributed by atoms with Crippen LogP contribution in [0.5, 0.6) is 0 Å². The van der Waals surface area contributed by atoms with E-state index in [2.05, 4.69) is 0 Å². The van der Waals surface area contributed by atoms with Gasteiger partial charge in [0.05, 0.1) is 12.5 Å². The van der Waals surface area contributed by atoms with E-state index in [9.17, 15) is 9.90 Å². The topological polar surface area (TPSA) is 57.5 Å². The van der Waals surface area contributed by atoms with Gasteiger partial charge in [-0.1, -0.05) is 30.3 Å². The normalized spacial score (nSPS) is 12.4. The fourth-order valence-electron chi connectivity index (χ4n) is 1.28. The third-order valence-electron chi connectivity index (χ3n) is 2.02. The maximum absolute atomic E-state index is 10.3. The highest BCUT2D eigenvalue weighted by Crippen LogP contribution is 2.06. The van der Waals surface area contributed by atoms with Crippen LogP contribution >= 0.6 is 0 Å². The molecule has 3 heteroatoms. The molecule has 1 atom stereocenters. The predicted octanol–water partition coefficient (Wildman–Crippen LogP) is 1.45. The largest absolute Gasteiger partial charge is 0.481 e. The first kappa shape index (κ1) is 10.7. The van der Waals surface area contributed by atoms with Crippen LogP contribution in [-0.4, -0.2) is 22.3 Å². The monoisotopic (exact) mass is 194 g/mol. The number of carboxylic acids is 1. The zero-order valence-electron chi connectivity index (χ0n) is 7.89. The van der Waals surface area contributed by atoms with Gasteiger partial charge in [-0.25, -0.2) is 0 Å². The minimum Gasteiger partial charge on any atom is -0.481 e. The number of benzene rings is 1. The van der Waals surface area contributed by atoms with Crippen molar-refractivity contribution in [2.24, 2.45) is 0 Å². The van der Waals surface area contributed by atoms with Crippen molar-refractivity contribution in [3.05, 3.63) is 35.9 Å². The lowest BCUT2D eigenvalue weighted by atomic mass is 10.1. The van der Waals surface area contributed by atoms with Crippen LogP contribution in [0.25, 0.3) is 0 Å². The Morgan fingerprint density at radius 3 is 2.50 bits per heavy atom. The molecule has 1 aromatic carbocycles. The molecule has 0 amide bonds. The molecule has 0 saturated carbocycles. The summed E-state index contributed by atoms with van der Waals surface area (Å²) in [6.07, 6.45) is 0.297. The molecule has 14 heavy (non-hydrogen) atoms. The lowest BCUT2D eigenvalue weighted by Gasteiger charge is -2.07. The lowest BCUT2D eigenvalue weighted by Crippen LogP contribution is -2.13. The molecule has 0 saturated heterocycles. The molecule has 0 bridgehead atoms. The minimum absolute atomic E-state index is 0.174. The number of hydrogen-bond donors (Lipinski definition) is 2. The molecule has 0 aliphatic rings. The standard InChI is InChI=1S/C11H14O3/c12-10(8-11(13)14)7-6-9-4-2-1-3-5-9/h1-5,10,12H,6-8H2,(H,13,14). The number of rotatable bonds is 5. The van der Waals surface area contributed by atoms with Gasteiger partial charge in [0.25, 0.3) is 0 Å². The summed E-state index contributed by atoms with van der Waals surface area (Å²) in [4.78, 5) is 10.3. The van der Waals surface area contributed by atoms with Crippen molar-refractivity contribution in [2.45, 2.75) is 25.4 Å². The zero-order valence-corrected chi connectivity index (χ0v) is 7.89. The Balaban J connectivity index is 2.30. The first-order valence-corrected chi connectivity index (χ1v) is 4.62. The van der Waals surface area contributed by atoms with Gasteiger partial charge in [0.2, 0.25) is 0 Å². The molecule has 0 spiro atoms. The van der Waals surface area contributed by atoms with Gasteiger partial charge in [-0.2, -0.15) is 0 Å². The van der Waals surface area contributed by atoms with E-state index in [4.69, 9.17) is 5.11 Å². The summed E-state index contributed by atoms with van der Waals surface area (Å²) in [5, 5.41) is 17.7.